The molecule has 17 heavy (non-hydrogen) atoms. The van der Waals surface area contributed by atoms with Gasteiger partial charge in [0.05, 0.1) is 6.61 Å². The third-order valence-electron chi connectivity index (χ3n) is 3.28. The Morgan fingerprint density at radius 2 is 1.88 bits per heavy atom. The van der Waals surface area contributed by atoms with E-state index in [0.29, 0.717) is 6.61 Å². The average molecular weight is 235 g/mol. The fourth-order valence-corrected chi connectivity index (χ4v) is 2.31. The van der Waals surface area contributed by atoms with Gasteiger partial charge < -0.3 is 15.2 Å². The van der Waals surface area contributed by atoms with Crippen molar-refractivity contribution >= 4 is 5.69 Å². The first-order chi connectivity index (χ1) is 8.38. The fraction of sp³-hybridized carbons (Fsp3) is 0.571. The molecule has 0 radical (unpaired) electrons. The van der Waals surface area contributed by atoms with Crippen molar-refractivity contribution in [3.63, 3.8) is 0 Å². The van der Waals surface area contributed by atoms with Gasteiger partial charge in [-0.25, -0.2) is 0 Å². The molecule has 1 saturated carbocycles. The highest BCUT2D eigenvalue weighted by atomic mass is 16.5. The molecule has 0 saturated heterocycles. The van der Waals surface area contributed by atoms with Gasteiger partial charge >= 0.3 is 0 Å². The van der Waals surface area contributed by atoms with Crippen molar-refractivity contribution in [2.24, 2.45) is 5.92 Å². The van der Waals surface area contributed by atoms with Crippen LogP contribution >= 0.6 is 0 Å². The smallest absolute Gasteiger partial charge is 0.119 e. The summed E-state index contributed by atoms with van der Waals surface area (Å²) in [4.78, 5) is 0. The van der Waals surface area contributed by atoms with E-state index >= 15 is 0 Å². The van der Waals surface area contributed by atoms with Gasteiger partial charge in [0.25, 0.3) is 0 Å². The van der Waals surface area contributed by atoms with Crippen molar-refractivity contribution in [2.75, 3.05) is 25.1 Å². The molecule has 2 rings (SSSR count). The standard InChI is InChI=1S/C14H21NO2/c16-9-10-17-14-7-5-13(6-8-14)15-11-12-3-1-2-4-12/h5-8,12,15-16H,1-4,9-11H2. The molecular weight excluding hydrogens is 214 g/mol. The zero-order valence-electron chi connectivity index (χ0n) is 10.2. The van der Waals surface area contributed by atoms with Crippen molar-refractivity contribution in [1.29, 1.82) is 0 Å². The minimum atomic E-state index is 0.0572. The predicted octanol–water partition coefficient (Wildman–Crippen LogP) is 2.66. The first kappa shape index (κ1) is 12.2. The first-order valence-corrected chi connectivity index (χ1v) is 6.46. The van der Waals surface area contributed by atoms with Crippen molar-refractivity contribution in [2.45, 2.75) is 25.7 Å². The molecule has 1 aromatic rings. The highest BCUT2D eigenvalue weighted by Gasteiger charge is 2.14. The zero-order valence-corrected chi connectivity index (χ0v) is 10.2. The molecular formula is C14H21NO2. The quantitative estimate of drug-likeness (QED) is 0.796. The van der Waals surface area contributed by atoms with Crippen molar-refractivity contribution in [1.82, 2.24) is 0 Å². The average Bonchev–Trinajstić information content (AvgIpc) is 2.88. The number of aliphatic hydroxyl groups is 1. The molecule has 0 spiro atoms. The number of hydrogen-bond donors (Lipinski definition) is 2. The van der Waals surface area contributed by atoms with Crippen LogP contribution in [0.3, 0.4) is 0 Å². The van der Waals surface area contributed by atoms with Crippen LogP contribution in [0.5, 0.6) is 5.75 Å². The number of aliphatic hydroxyl groups excluding tert-OH is 1. The lowest BCUT2D eigenvalue weighted by Crippen LogP contribution is -2.10. The normalized spacial score (nSPS) is 16.1. The maximum Gasteiger partial charge on any atom is 0.119 e. The van der Waals surface area contributed by atoms with Crippen LogP contribution in [0.4, 0.5) is 5.69 Å². The lowest BCUT2D eigenvalue weighted by molar-refractivity contribution is 0.201. The second kappa shape index (κ2) is 6.50. The number of rotatable bonds is 6. The van der Waals surface area contributed by atoms with E-state index in [0.717, 1.165) is 23.9 Å². The molecule has 1 fully saturated rings. The van der Waals surface area contributed by atoms with Gasteiger partial charge in [0.1, 0.15) is 12.4 Å². The van der Waals surface area contributed by atoms with Crippen LogP contribution < -0.4 is 10.1 Å². The van der Waals surface area contributed by atoms with E-state index in [2.05, 4.69) is 5.32 Å². The van der Waals surface area contributed by atoms with Crippen molar-refractivity contribution in [3.05, 3.63) is 24.3 Å². The van der Waals surface area contributed by atoms with Crippen molar-refractivity contribution < 1.29 is 9.84 Å². The van der Waals surface area contributed by atoms with E-state index in [1.54, 1.807) is 0 Å². The van der Waals surface area contributed by atoms with Crippen molar-refractivity contribution in [3.8, 4) is 5.75 Å². The number of hydrogen-bond acceptors (Lipinski definition) is 3. The minimum Gasteiger partial charge on any atom is -0.491 e. The summed E-state index contributed by atoms with van der Waals surface area (Å²) in [7, 11) is 0. The predicted molar refractivity (Wildman–Crippen MR) is 69.5 cm³/mol. The molecule has 2 N–H and O–H groups in total. The summed E-state index contributed by atoms with van der Waals surface area (Å²) < 4.78 is 5.31. The monoisotopic (exact) mass is 235 g/mol. The highest BCUT2D eigenvalue weighted by Crippen LogP contribution is 2.25. The van der Waals surface area contributed by atoms with E-state index in [9.17, 15) is 0 Å². The van der Waals surface area contributed by atoms with Crippen LogP contribution in [0, 0.1) is 5.92 Å². The van der Waals surface area contributed by atoms with E-state index < -0.39 is 0 Å². The molecule has 1 aromatic carbocycles. The summed E-state index contributed by atoms with van der Waals surface area (Å²) in [6.07, 6.45) is 5.51. The summed E-state index contributed by atoms with van der Waals surface area (Å²) in [6, 6.07) is 7.93. The Morgan fingerprint density at radius 1 is 1.18 bits per heavy atom. The molecule has 0 atom stereocenters. The Balaban J connectivity index is 1.76. The van der Waals surface area contributed by atoms with Gasteiger partial charge in [0, 0.05) is 12.2 Å². The second-order valence-electron chi connectivity index (χ2n) is 4.63. The van der Waals surface area contributed by atoms with E-state index in [4.69, 9.17) is 9.84 Å². The highest BCUT2D eigenvalue weighted by molar-refractivity contribution is 5.46. The van der Waals surface area contributed by atoms with Gasteiger partial charge in [-0.15, -0.1) is 0 Å². The van der Waals surface area contributed by atoms with Gasteiger partial charge in [-0.2, -0.15) is 0 Å². The number of anilines is 1. The minimum absolute atomic E-state index is 0.0572. The van der Waals surface area contributed by atoms with Gasteiger partial charge in [-0.1, -0.05) is 12.8 Å². The number of benzene rings is 1. The molecule has 0 unspecified atom stereocenters. The van der Waals surface area contributed by atoms with E-state index in [1.165, 1.54) is 25.7 Å². The topological polar surface area (TPSA) is 41.5 Å². The lowest BCUT2D eigenvalue weighted by Gasteiger charge is -2.12. The Morgan fingerprint density at radius 3 is 2.53 bits per heavy atom. The molecule has 94 valence electrons. The molecule has 0 amide bonds. The second-order valence-corrected chi connectivity index (χ2v) is 4.63. The van der Waals surface area contributed by atoms with Gasteiger partial charge in [0.2, 0.25) is 0 Å². The third kappa shape index (κ3) is 3.93. The summed E-state index contributed by atoms with van der Waals surface area (Å²) in [5, 5.41) is 12.1. The Kier molecular flexibility index (Phi) is 4.68. The molecule has 3 heteroatoms. The molecule has 1 aliphatic rings. The number of nitrogens with one attached hydrogen (secondary N) is 1. The largest absolute Gasteiger partial charge is 0.491 e. The Bertz CT molecular complexity index is 317. The Hall–Kier alpha value is -1.22. The molecule has 0 heterocycles. The molecule has 1 aliphatic carbocycles. The van der Waals surface area contributed by atoms with Crippen LogP contribution in [-0.4, -0.2) is 24.9 Å². The van der Waals surface area contributed by atoms with Crippen LogP contribution in [-0.2, 0) is 0 Å². The Labute approximate surface area is 103 Å². The molecule has 0 bridgehead atoms. The van der Waals surface area contributed by atoms with E-state index in [-0.39, 0.29) is 6.61 Å². The zero-order chi connectivity index (χ0) is 11.9. The van der Waals surface area contributed by atoms with Crippen LogP contribution in [0.15, 0.2) is 24.3 Å². The van der Waals surface area contributed by atoms with Crippen LogP contribution in [0.1, 0.15) is 25.7 Å². The maximum absolute atomic E-state index is 8.65. The van der Waals surface area contributed by atoms with Gasteiger partial charge in [0.15, 0.2) is 0 Å². The first-order valence-electron chi connectivity index (χ1n) is 6.46. The van der Waals surface area contributed by atoms with Crippen LogP contribution in [0.2, 0.25) is 0 Å². The van der Waals surface area contributed by atoms with Gasteiger partial charge in [-0.05, 0) is 43.0 Å². The SMILES string of the molecule is OCCOc1ccc(NCC2CCCC2)cc1. The third-order valence-corrected chi connectivity index (χ3v) is 3.28. The lowest BCUT2D eigenvalue weighted by atomic mass is 10.1. The summed E-state index contributed by atoms with van der Waals surface area (Å²) in [5.41, 5.74) is 1.15. The summed E-state index contributed by atoms with van der Waals surface area (Å²) in [5.74, 6) is 1.66. The van der Waals surface area contributed by atoms with Gasteiger partial charge in [-0.3, -0.25) is 0 Å². The maximum atomic E-state index is 8.65. The summed E-state index contributed by atoms with van der Waals surface area (Å²) >= 11 is 0. The molecule has 3 nitrogen and oxygen atoms in total. The van der Waals surface area contributed by atoms with Crippen LogP contribution in [0.25, 0.3) is 0 Å². The molecule has 0 aromatic heterocycles. The summed E-state index contributed by atoms with van der Waals surface area (Å²) in [6.45, 7) is 1.49. The number of ether oxygens (including phenoxy) is 1. The fourth-order valence-electron chi connectivity index (χ4n) is 2.31. The molecule has 0 aliphatic heterocycles. The van der Waals surface area contributed by atoms with E-state index in [1.807, 2.05) is 24.3 Å².